The highest BCUT2D eigenvalue weighted by Gasteiger charge is 2.48. The number of ether oxygens (including phenoxy) is 1. The Balaban J connectivity index is 1.93. The summed E-state index contributed by atoms with van der Waals surface area (Å²) in [5, 5.41) is 10.5. The molecule has 13 nitrogen and oxygen atoms in total. The fourth-order valence-electron chi connectivity index (χ4n) is 2.65. The smallest absolute Gasteiger partial charge is 0.386 e. The molecule has 6 atom stereocenters. The Bertz CT molecular complexity index is 873. The van der Waals surface area contributed by atoms with E-state index in [1.807, 2.05) is 0 Å². The molecule has 1 fully saturated rings. The van der Waals surface area contributed by atoms with Crippen molar-refractivity contribution in [1.82, 2.24) is 19.5 Å². The number of phosphoric acid groups is 1. The van der Waals surface area contributed by atoms with Gasteiger partial charge in [-0.05, 0) is 8.27 Å². The molecular formula is C10H16N5O8P3. The molecule has 3 heterocycles. The summed E-state index contributed by atoms with van der Waals surface area (Å²) in [5.41, 5.74) is 6.22. The maximum Gasteiger partial charge on any atom is 0.470 e. The Morgan fingerprint density at radius 2 is 2.15 bits per heavy atom. The first-order valence-corrected chi connectivity index (χ1v) is 12.2. The van der Waals surface area contributed by atoms with Gasteiger partial charge in [-0.3, -0.25) is 13.7 Å². The second-order valence-electron chi connectivity index (χ2n) is 5.39. The number of aromatic nitrogens is 4. The van der Waals surface area contributed by atoms with Crippen molar-refractivity contribution in [1.29, 1.82) is 0 Å². The van der Waals surface area contributed by atoms with Gasteiger partial charge in [0.1, 0.15) is 24.1 Å². The molecule has 144 valence electrons. The monoisotopic (exact) mass is 427 g/mol. The summed E-state index contributed by atoms with van der Waals surface area (Å²) >= 11 is 0. The Hall–Kier alpha value is -1.00. The lowest BCUT2D eigenvalue weighted by Gasteiger charge is -2.20. The predicted octanol–water partition coefficient (Wildman–Crippen LogP) is -0.795. The predicted molar refractivity (Wildman–Crippen MR) is 91.0 cm³/mol. The SMILES string of the molecule is Nc1ncnc2c1ncn2C1OC(CP[PH](=O)O)C(OP(=O)(O)O)C1O. The summed E-state index contributed by atoms with van der Waals surface area (Å²) < 4.78 is 33.8. The van der Waals surface area contributed by atoms with E-state index < -0.39 is 48.3 Å². The zero-order valence-electron chi connectivity index (χ0n) is 12.9. The van der Waals surface area contributed by atoms with Gasteiger partial charge in [-0.15, -0.1) is 0 Å². The topological polar surface area (TPSA) is 203 Å². The maximum absolute atomic E-state index is 11.2. The highest BCUT2D eigenvalue weighted by Crippen LogP contribution is 2.48. The number of fused-ring (bicyclic) bond motifs is 1. The van der Waals surface area contributed by atoms with Crippen LogP contribution in [0.1, 0.15) is 6.23 Å². The van der Waals surface area contributed by atoms with Gasteiger partial charge in [0.2, 0.25) is 7.72 Å². The summed E-state index contributed by atoms with van der Waals surface area (Å²) in [6, 6.07) is 0. The van der Waals surface area contributed by atoms with Gasteiger partial charge in [-0.25, -0.2) is 19.5 Å². The Morgan fingerprint density at radius 1 is 1.42 bits per heavy atom. The summed E-state index contributed by atoms with van der Waals surface area (Å²) in [4.78, 5) is 39.0. The van der Waals surface area contributed by atoms with Crippen molar-refractivity contribution in [2.75, 3.05) is 11.9 Å². The minimum absolute atomic E-state index is 0.0176. The number of aliphatic hydroxyl groups excluding tert-OH is 1. The quantitative estimate of drug-likeness (QED) is 0.360. The van der Waals surface area contributed by atoms with Crippen molar-refractivity contribution < 1.29 is 38.2 Å². The minimum atomic E-state index is -4.94. The van der Waals surface area contributed by atoms with Crippen molar-refractivity contribution in [3.63, 3.8) is 0 Å². The number of phosphoric ester groups is 1. The minimum Gasteiger partial charge on any atom is -0.386 e. The maximum atomic E-state index is 11.2. The lowest BCUT2D eigenvalue weighted by Crippen LogP contribution is -2.34. The standard InChI is InChI=1S/C10H16N5O8P3/c11-8-5-9(13-2-12-8)15(3-14-5)10-6(16)7(23-26(19,20)21)4(22-10)1-24-25(17)18/h2-4,6-7,10,16,24-25H,1H2,(H,17,18)(H2,11,12,13)(H2,19,20,21). The Labute approximate surface area is 148 Å². The fraction of sp³-hybridized carbons (Fsp3) is 0.500. The average Bonchev–Trinajstić information content (AvgIpc) is 3.08. The van der Waals surface area contributed by atoms with E-state index >= 15 is 0 Å². The van der Waals surface area contributed by atoms with Gasteiger partial charge in [0.15, 0.2) is 17.7 Å². The molecule has 6 unspecified atom stereocenters. The van der Waals surface area contributed by atoms with Crippen molar-refractivity contribution in [3.8, 4) is 0 Å². The van der Waals surface area contributed by atoms with E-state index in [1.54, 1.807) is 0 Å². The fourth-order valence-corrected chi connectivity index (χ4v) is 5.06. The molecule has 0 aromatic carbocycles. The van der Waals surface area contributed by atoms with E-state index in [1.165, 1.54) is 17.2 Å². The third kappa shape index (κ3) is 4.12. The third-order valence-electron chi connectivity index (χ3n) is 3.68. The molecular weight excluding hydrogens is 411 g/mol. The Kier molecular flexibility index (Phi) is 5.74. The van der Waals surface area contributed by atoms with Crippen LogP contribution in [0.4, 0.5) is 5.82 Å². The van der Waals surface area contributed by atoms with E-state index in [-0.39, 0.29) is 23.1 Å². The van der Waals surface area contributed by atoms with Crippen LogP contribution in [-0.4, -0.2) is 63.8 Å². The van der Waals surface area contributed by atoms with Crippen LogP contribution in [0.2, 0.25) is 0 Å². The number of nitrogens with zero attached hydrogens (tertiary/aromatic N) is 4. The zero-order chi connectivity index (χ0) is 19.1. The molecule has 26 heavy (non-hydrogen) atoms. The average molecular weight is 427 g/mol. The highest BCUT2D eigenvalue weighted by molar-refractivity contribution is 8.12. The molecule has 0 spiro atoms. The van der Waals surface area contributed by atoms with Crippen molar-refractivity contribution in [3.05, 3.63) is 12.7 Å². The molecule has 1 aliphatic heterocycles. The van der Waals surface area contributed by atoms with Gasteiger partial charge in [0, 0.05) is 6.16 Å². The molecule has 1 aliphatic rings. The Morgan fingerprint density at radius 3 is 2.81 bits per heavy atom. The number of nitrogen functional groups attached to an aromatic ring is 1. The van der Waals surface area contributed by atoms with Crippen LogP contribution < -0.4 is 5.73 Å². The van der Waals surface area contributed by atoms with Crippen LogP contribution in [0.5, 0.6) is 0 Å². The number of hydrogen-bond acceptors (Lipinski definition) is 9. The van der Waals surface area contributed by atoms with Crippen molar-refractivity contribution in [2.24, 2.45) is 0 Å². The molecule has 0 aliphatic carbocycles. The summed E-state index contributed by atoms with van der Waals surface area (Å²) in [6.07, 6.45) is -2.59. The van der Waals surface area contributed by atoms with Crippen LogP contribution in [0, 0.1) is 0 Å². The van der Waals surface area contributed by atoms with Gasteiger partial charge < -0.3 is 30.3 Å². The first kappa shape index (κ1) is 19.8. The van der Waals surface area contributed by atoms with Crippen LogP contribution >= 0.6 is 23.8 Å². The number of hydrogen-bond donors (Lipinski definition) is 5. The lowest BCUT2D eigenvalue weighted by atomic mass is 10.1. The lowest BCUT2D eigenvalue weighted by molar-refractivity contribution is -0.0289. The molecule has 2 aromatic rings. The van der Waals surface area contributed by atoms with E-state index in [2.05, 4.69) is 19.5 Å². The summed E-state index contributed by atoms with van der Waals surface area (Å²) in [6.45, 7) is 0. The molecule has 2 aromatic heterocycles. The van der Waals surface area contributed by atoms with Gasteiger partial charge in [0.05, 0.1) is 12.4 Å². The normalized spacial score (nSPS) is 28.3. The molecule has 3 rings (SSSR count). The van der Waals surface area contributed by atoms with Crippen LogP contribution in [0.25, 0.3) is 11.2 Å². The molecule has 16 heteroatoms. The molecule has 0 amide bonds. The second-order valence-corrected chi connectivity index (χ2v) is 10.3. The largest absolute Gasteiger partial charge is 0.470 e. The van der Waals surface area contributed by atoms with E-state index in [0.29, 0.717) is 0 Å². The van der Waals surface area contributed by atoms with Gasteiger partial charge in [-0.1, -0.05) is 0 Å². The van der Waals surface area contributed by atoms with E-state index in [0.717, 1.165) is 0 Å². The van der Waals surface area contributed by atoms with Crippen LogP contribution in [-0.2, 0) is 18.4 Å². The summed E-state index contributed by atoms with van der Waals surface area (Å²) in [7, 11) is -8.16. The van der Waals surface area contributed by atoms with Crippen molar-refractivity contribution >= 4 is 40.8 Å². The molecule has 6 N–H and O–H groups in total. The molecule has 1 saturated heterocycles. The first-order chi connectivity index (χ1) is 12.2. The van der Waals surface area contributed by atoms with Crippen LogP contribution in [0.3, 0.4) is 0 Å². The van der Waals surface area contributed by atoms with Gasteiger partial charge in [0.25, 0.3) is 0 Å². The van der Waals surface area contributed by atoms with E-state index in [9.17, 15) is 14.2 Å². The van der Waals surface area contributed by atoms with Crippen molar-refractivity contribution in [2.45, 2.75) is 24.5 Å². The van der Waals surface area contributed by atoms with Gasteiger partial charge >= 0.3 is 7.82 Å². The molecule has 0 bridgehead atoms. The number of rotatable bonds is 6. The third-order valence-corrected chi connectivity index (χ3v) is 6.63. The van der Waals surface area contributed by atoms with Gasteiger partial charge in [-0.2, -0.15) is 0 Å². The number of aliphatic hydroxyl groups is 1. The second kappa shape index (κ2) is 7.55. The van der Waals surface area contributed by atoms with Crippen LogP contribution in [0.15, 0.2) is 12.7 Å². The summed E-state index contributed by atoms with van der Waals surface area (Å²) in [5.74, 6) is 0.112. The first-order valence-electron chi connectivity index (χ1n) is 7.14. The zero-order valence-corrected chi connectivity index (χ0v) is 15.8. The number of nitrogens with two attached hydrogens (primary N) is 1. The number of imidazole rings is 1. The molecule has 0 radical (unpaired) electrons. The molecule has 0 saturated carbocycles. The van der Waals surface area contributed by atoms with E-state index in [4.69, 9.17) is 25.2 Å². The number of anilines is 1. The highest BCUT2D eigenvalue weighted by atomic mass is 32.0.